The molecule has 0 heterocycles. The van der Waals surface area contributed by atoms with Gasteiger partial charge in [0.1, 0.15) is 0 Å². The van der Waals surface area contributed by atoms with Crippen LogP contribution in [0.3, 0.4) is 0 Å². The monoisotopic (exact) mass is 374 g/mol. The van der Waals surface area contributed by atoms with Crippen molar-refractivity contribution >= 4 is 18.0 Å². The fourth-order valence-corrected chi connectivity index (χ4v) is 3.59. The molecule has 0 fully saturated rings. The van der Waals surface area contributed by atoms with Crippen LogP contribution in [-0.4, -0.2) is 6.21 Å². The average Bonchev–Trinajstić information content (AvgIpc) is 2.65. The quantitative estimate of drug-likeness (QED) is 0.152. The molecule has 0 unspecified atom stereocenters. The summed E-state index contributed by atoms with van der Waals surface area (Å²) in [4.78, 5) is 0. The first-order chi connectivity index (χ1) is 13.3. The molecule has 1 aromatic carbocycles. The summed E-state index contributed by atoms with van der Waals surface area (Å²) >= 11 is 0. The lowest BCUT2D eigenvalue weighted by Crippen LogP contribution is -2.20. The minimum Gasteiger partial charge on any atom is -0.293 e. The van der Waals surface area contributed by atoms with Crippen molar-refractivity contribution < 1.29 is 0 Å². The predicted octanol–water partition coefficient (Wildman–Crippen LogP) is 5.75. The number of hydrazone groups is 1. The second-order valence-corrected chi connectivity index (χ2v) is 7.82. The lowest BCUT2D eigenvalue weighted by molar-refractivity contribution is 0.363. The maximum absolute atomic E-state index is 8.59. The number of nitrogens with one attached hydrogen (secondary N) is 2. The Balaban J connectivity index is 1.96. The van der Waals surface area contributed by atoms with Crippen LogP contribution >= 0.6 is 0 Å². The molecule has 0 saturated heterocycles. The van der Waals surface area contributed by atoms with E-state index in [-0.39, 0.29) is 5.41 Å². The van der Waals surface area contributed by atoms with Gasteiger partial charge in [-0.05, 0) is 54.9 Å². The van der Waals surface area contributed by atoms with Crippen molar-refractivity contribution in [2.24, 2.45) is 10.5 Å². The fourth-order valence-electron chi connectivity index (χ4n) is 3.59. The van der Waals surface area contributed by atoms with Gasteiger partial charge in [-0.1, -0.05) is 62.4 Å². The second-order valence-electron chi connectivity index (χ2n) is 7.82. The van der Waals surface area contributed by atoms with Gasteiger partial charge in [-0.25, -0.2) is 0 Å². The summed E-state index contributed by atoms with van der Waals surface area (Å²) in [5.41, 5.74) is 9.57. The van der Waals surface area contributed by atoms with Gasteiger partial charge in [-0.15, -0.1) is 0 Å². The molecule has 2 rings (SSSR count). The van der Waals surface area contributed by atoms with Gasteiger partial charge >= 0.3 is 0 Å². The Kier molecular flexibility index (Phi) is 7.40. The molecule has 0 saturated carbocycles. The van der Waals surface area contributed by atoms with Crippen LogP contribution in [0.5, 0.6) is 0 Å². The van der Waals surface area contributed by atoms with E-state index in [0.29, 0.717) is 5.70 Å². The minimum absolute atomic E-state index is 0.260. The SMILES string of the molecule is C=C(/C=C/c1cccc(C(=C)N/N=C/CC2=C(C)CCCC2(C)C)c1)NC#N. The van der Waals surface area contributed by atoms with Crippen molar-refractivity contribution in [3.05, 3.63) is 71.5 Å². The number of rotatable bonds is 8. The van der Waals surface area contributed by atoms with Gasteiger partial charge in [-0.3, -0.25) is 10.7 Å². The van der Waals surface area contributed by atoms with Crippen LogP contribution in [0.4, 0.5) is 0 Å². The van der Waals surface area contributed by atoms with E-state index in [4.69, 9.17) is 5.26 Å². The first-order valence-electron chi connectivity index (χ1n) is 9.61. The summed E-state index contributed by atoms with van der Waals surface area (Å²) < 4.78 is 0. The van der Waals surface area contributed by atoms with Gasteiger partial charge < -0.3 is 0 Å². The Labute approximate surface area is 169 Å². The zero-order valence-electron chi connectivity index (χ0n) is 17.2. The molecule has 4 heteroatoms. The van der Waals surface area contributed by atoms with Gasteiger partial charge in [0.05, 0.1) is 5.70 Å². The molecule has 0 atom stereocenters. The van der Waals surface area contributed by atoms with E-state index in [1.807, 2.05) is 42.7 Å². The topological polar surface area (TPSA) is 60.2 Å². The second kappa shape index (κ2) is 9.75. The molecule has 1 aromatic rings. The average molecular weight is 375 g/mol. The van der Waals surface area contributed by atoms with Crippen LogP contribution in [-0.2, 0) is 0 Å². The lowest BCUT2D eigenvalue weighted by Gasteiger charge is -2.34. The van der Waals surface area contributed by atoms with E-state index in [9.17, 15) is 0 Å². The van der Waals surface area contributed by atoms with Crippen molar-refractivity contribution in [1.29, 1.82) is 5.26 Å². The van der Waals surface area contributed by atoms with Gasteiger partial charge in [-0.2, -0.15) is 10.4 Å². The molecule has 146 valence electrons. The van der Waals surface area contributed by atoms with Crippen LogP contribution < -0.4 is 10.7 Å². The molecular formula is C24H30N4. The van der Waals surface area contributed by atoms with Gasteiger partial charge in [0.25, 0.3) is 0 Å². The number of benzene rings is 1. The third kappa shape index (κ3) is 5.99. The largest absolute Gasteiger partial charge is 0.293 e. The van der Waals surface area contributed by atoms with E-state index in [2.05, 4.69) is 49.8 Å². The Hall–Kier alpha value is -3.06. The third-order valence-corrected chi connectivity index (χ3v) is 5.20. The Morgan fingerprint density at radius 1 is 1.36 bits per heavy atom. The molecule has 1 aliphatic rings. The van der Waals surface area contributed by atoms with Crippen molar-refractivity contribution in [1.82, 2.24) is 10.7 Å². The van der Waals surface area contributed by atoms with Crippen molar-refractivity contribution in [3.63, 3.8) is 0 Å². The van der Waals surface area contributed by atoms with E-state index in [1.165, 1.54) is 30.4 Å². The van der Waals surface area contributed by atoms with E-state index in [0.717, 1.165) is 23.2 Å². The first kappa shape index (κ1) is 21.2. The van der Waals surface area contributed by atoms with Crippen LogP contribution in [0.2, 0.25) is 0 Å². The number of hydrogen-bond acceptors (Lipinski definition) is 4. The number of nitrogens with zero attached hydrogens (tertiary/aromatic N) is 2. The van der Waals surface area contributed by atoms with Crippen molar-refractivity contribution in [3.8, 4) is 6.19 Å². The van der Waals surface area contributed by atoms with Crippen LogP contribution in [0, 0.1) is 16.9 Å². The third-order valence-electron chi connectivity index (χ3n) is 5.20. The van der Waals surface area contributed by atoms with Crippen molar-refractivity contribution in [2.45, 2.75) is 46.5 Å². The summed E-state index contributed by atoms with van der Waals surface area (Å²) in [6.07, 6.45) is 12.0. The summed E-state index contributed by atoms with van der Waals surface area (Å²) in [6, 6.07) is 7.95. The molecule has 28 heavy (non-hydrogen) atoms. The summed E-state index contributed by atoms with van der Waals surface area (Å²) in [5, 5.41) is 15.5. The highest BCUT2D eigenvalue weighted by Crippen LogP contribution is 2.41. The van der Waals surface area contributed by atoms with Gasteiger partial charge in [0.2, 0.25) is 0 Å². The molecular weight excluding hydrogens is 344 g/mol. The molecule has 4 nitrogen and oxygen atoms in total. The molecule has 0 amide bonds. The van der Waals surface area contributed by atoms with Crippen LogP contribution in [0.25, 0.3) is 11.8 Å². The summed E-state index contributed by atoms with van der Waals surface area (Å²) in [5.74, 6) is 0. The minimum atomic E-state index is 0.260. The zero-order chi connectivity index (χ0) is 20.6. The predicted molar refractivity (Wildman–Crippen MR) is 119 cm³/mol. The molecule has 0 spiro atoms. The highest BCUT2D eigenvalue weighted by molar-refractivity contribution is 5.68. The van der Waals surface area contributed by atoms with Crippen molar-refractivity contribution in [2.75, 3.05) is 0 Å². The van der Waals surface area contributed by atoms with Crippen LogP contribution in [0.1, 0.15) is 57.6 Å². The maximum Gasteiger partial charge on any atom is 0.181 e. The highest BCUT2D eigenvalue weighted by atomic mass is 15.3. The Morgan fingerprint density at radius 2 is 2.14 bits per heavy atom. The maximum atomic E-state index is 8.59. The number of allylic oxidation sites excluding steroid dienone is 3. The lowest BCUT2D eigenvalue weighted by atomic mass is 9.72. The molecule has 0 radical (unpaired) electrons. The fraction of sp³-hybridized carbons (Fsp3) is 0.333. The molecule has 0 aliphatic heterocycles. The number of hydrogen-bond donors (Lipinski definition) is 2. The van der Waals surface area contributed by atoms with E-state index >= 15 is 0 Å². The zero-order valence-corrected chi connectivity index (χ0v) is 17.2. The molecule has 1 aliphatic carbocycles. The summed E-state index contributed by atoms with van der Waals surface area (Å²) in [6.45, 7) is 14.7. The molecule has 0 aromatic heterocycles. The van der Waals surface area contributed by atoms with Gasteiger partial charge in [0.15, 0.2) is 6.19 Å². The van der Waals surface area contributed by atoms with E-state index in [1.54, 1.807) is 6.08 Å². The smallest absolute Gasteiger partial charge is 0.181 e. The molecule has 0 bridgehead atoms. The Morgan fingerprint density at radius 3 is 2.86 bits per heavy atom. The normalized spacial score (nSPS) is 16.2. The van der Waals surface area contributed by atoms with E-state index < -0.39 is 0 Å². The highest BCUT2D eigenvalue weighted by Gasteiger charge is 2.27. The number of nitriles is 1. The molecule has 2 N–H and O–H groups in total. The van der Waals surface area contributed by atoms with Gasteiger partial charge in [0, 0.05) is 18.3 Å². The Bertz CT molecular complexity index is 863. The summed E-state index contributed by atoms with van der Waals surface area (Å²) in [7, 11) is 0. The standard InChI is InChI=1S/C24H30N4/c1-18-8-7-14-24(4,5)23(18)13-15-27-28-20(3)22-10-6-9-21(16-22)12-11-19(2)26-17-25/h6,9-12,15-16,26,28H,2-3,7-8,13-14H2,1,4-5H3/b12-11+,27-15+. The van der Waals surface area contributed by atoms with Crippen LogP contribution in [0.15, 0.2) is 65.4 Å². The first-order valence-corrected chi connectivity index (χ1v) is 9.61.